The number of carbonyl (C=O) groups excluding carboxylic acids is 3. The predicted octanol–water partition coefficient (Wildman–Crippen LogP) is 2.54. The molecule has 0 saturated carbocycles. The van der Waals surface area contributed by atoms with E-state index in [1.165, 1.54) is 0 Å². The van der Waals surface area contributed by atoms with Gasteiger partial charge in [-0.15, -0.1) is 0 Å². The number of aryl methyl sites for hydroxylation is 2. The van der Waals surface area contributed by atoms with E-state index < -0.39 is 6.09 Å². The van der Waals surface area contributed by atoms with Gasteiger partial charge in [0.05, 0.1) is 17.3 Å². The minimum absolute atomic E-state index is 0.128. The molecular formula is C25H30N6O4. The van der Waals surface area contributed by atoms with Crippen molar-refractivity contribution in [3.63, 3.8) is 0 Å². The zero-order valence-corrected chi connectivity index (χ0v) is 20.3. The van der Waals surface area contributed by atoms with Gasteiger partial charge in [0.25, 0.3) is 5.91 Å². The third-order valence-electron chi connectivity index (χ3n) is 6.78. The second kappa shape index (κ2) is 9.09. The van der Waals surface area contributed by atoms with Crippen LogP contribution in [0.5, 0.6) is 0 Å². The second-order valence-electron chi connectivity index (χ2n) is 9.31. The lowest BCUT2D eigenvalue weighted by Gasteiger charge is -2.36. The van der Waals surface area contributed by atoms with Gasteiger partial charge in [-0.1, -0.05) is 6.07 Å². The lowest BCUT2D eigenvalue weighted by atomic mass is 10.1. The summed E-state index contributed by atoms with van der Waals surface area (Å²) < 4.78 is 5.16. The number of urea groups is 1. The Morgan fingerprint density at radius 3 is 2.49 bits per heavy atom. The molecule has 3 aliphatic rings. The van der Waals surface area contributed by atoms with Crippen LogP contribution in [0.2, 0.25) is 0 Å². The van der Waals surface area contributed by atoms with Crippen LogP contribution in [-0.4, -0.2) is 79.8 Å². The Labute approximate surface area is 204 Å². The molecule has 2 aromatic rings. The Morgan fingerprint density at radius 1 is 1.09 bits per heavy atom. The standard InChI is InChI=1S/C25H30N6O4/c1-16-12-17(2)22(27-14-16)28-8-10-29(11-9-28)23(32)20-5-4-19(31-18(3)15-35-25(31)34)13-21(20)30-7-6-26-24(30)33/h4-5,12-14,18H,6-11,15H2,1-3H3,(H,26,33). The average Bonchev–Trinajstić information content (AvgIpc) is 3.42. The molecule has 35 heavy (non-hydrogen) atoms. The summed E-state index contributed by atoms with van der Waals surface area (Å²) in [5.41, 5.74) is 3.81. The van der Waals surface area contributed by atoms with Crippen molar-refractivity contribution in [1.82, 2.24) is 15.2 Å². The van der Waals surface area contributed by atoms with E-state index in [0.29, 0.717) is 62.8 Å². The van der Waals surface area contributed by atoms with Crippen LogP contribution in [0.15, 0.2) is 30.5 Å². The lowest BCUT2D eigenvalue weighted by molar-refractivity contribution is 0.0747. The van der Waals surface area contributed by atoms with Crippen LogP contribution in [0, 0.1) is 13.8 Å². The third kappa shape index (κ3) is 4.24. The van der Waals surface area contributed by atoms with Gasteiger partial charge in [0, 0.05) is 51.2 Å². The lowest BCUT2D eigenvalue weighted by Crippen LogP contribution is -2.49. The molecule has 3 aliphatic heterocycles. The molecule has 0 aliphatic carbocycles. The molecule has 1 aromatic carbocycles. The number of carbonyl (C=O) groups is 3. The van der Waals surface area contributed by atoms with E-state index in [9.17, 15) is 14.4 Å². The average molecular weight is 479 g/mol. The Morgan fingerprint density at radius 2 is 1.86 bits per heavy atom. The Kier molecular flexibility index (Phi) is 5.96. The van der Waals surface area contributed by atoms with Crippen LogP contribution >= 0.6 is 0 Å². The van der Waals surface area contributed by atoms with Gasteiger partial charge in [0.2, 0.25) is 0 Å². The summed E-state index contributed by atoms with van der Waals surface area (Å²) in [5.74, 6) is 0.824. The fraction of sp³-hybridized carbons (Fsp3) is 0.440. The molecule has 5 rings (SSSR count). The molecular weight excluding hydrogens is 448 g/mol. The summed E-state index contributed by atoms with van der Waals surface area (Å²) in [6, 6.07) is 6.96. The van der Waals surface area contributed by atoms with Crippen LogP contribution in [0.25, 0.3) is 0 Å². The summed E-state index contributed by atoms with van der Waals surface area (Å²) in [6.45, 7) is 9.70. The largest absolute Gasteiger partial charge is 0.447 e. The fourth-order valence-corrected chi connectivity index (χ4v) is 4.98. The number of hydrogen-bond acceptors (Lipinski definition) is 6. The van der Waals surface area contributed by atoms with Crippen molar-refractivity contribution in [2.24, 2.45) is 0 Å². The Hall–Kier alpha value is -3.82. The normalized spacial score (nSPS) is 20.4. The summed E-state index contributed by atoms with van der Waals surface area (Å²) >= 11 is 0. The summed E-state index contributed by atoms with van der Waals surface area (Å²) in [6.07, 6.45) is 1.44. The molecule has 1 aromatic heterocycles. The van der Waals surface area contributed by atoms with Crippen molar-refractivity contribution in [1.29, 1.82) is 0 Å². The van der Waals surface area contributed by atoms with Gasteiger partial charge in [-0.05, 0) is 50.1 Å². The van der Waals surface area contributed by atoms with Crippen LogP contribution in [0.1, 0.15) is 28.4 Å². The molecule has 0 bridgehead atoms. The van der Waals surface area contributed by atoms with E-state index in [4.69, 9.17) is 4.74 Å². The number of ether oxygens (including phenoxy) is 1. The van der Waals surface area contributed by atoms with Crippen molar-refractivity contribution < 1.29 is 19.1 Å². The molecule has 1 atom stereocenters. The van der Waals surface area contributed by atoms with Gasteiger partial charge in [-0.25, -0.2) is 14.6 Å². The van der Waals surface area contributed by atoms with E-state index in [1.807, 2.05) is 24.9 Å². The van der Waals surface area contributed by atoms with E-state index >= 15 is 0 Å². The zero-order chi connectivity index (χ0) is 24.7. The number of cyclic esters (lactones) is 1. The van der Waals surface area contributed by atoms with E-state index in [0.717, 1.165) is 16.9 Å². The highest BCUT2D eigenvalue weighted by Crippen LogP contribution is 2.32. The first kappa shape index (κ1) is 22.9. The number of aromatic nitrogens is 1. The molecule has 184 valence electrons. The highest BCUT2D eigenvalue weighted by Gasteiger charge is 2.34. The van der Waals surface area contributed by atoms with Gasteiger partial charge < -0.3 is 19.9 Å². The van der Waals surface area contributed by atoms with Gasteiger partial charge in [-0.2, -0.15) is 0 Å². The minimum Gasteiger partial charge on any atom is -0.447 e. The number of hydrogen-bond donors (Lipinski definition) is 1. The number of anilines is 3. The number of amides is 4. The number of piperazine rings is 1. The number of nitrogens with zero attached hydrogens (tertiary/aromatic N) is 5. The number of pyridine rings is 1. The highest BCUT2D eigenvalue weighted by molar-refractivity contribution is 6.06. The van der Waals surface area contributed by atoms with Crippen LogP contribution in [0.3, 0.4) is 0 Å². The highest BCUT2D eigenvalue weighted by atomic mass is 16.6. The van der Waals surface area contributed by atoms with Crippen molar-refractivity contribution in [3.05, 3.63) is 47.2 Å². The second-order valence-corrected chi connectivity index (χ2v) is 9.31. The maximum atomic E-state index is 13.6. The van der Waals surface area contributed by atoms with Gasteiger partial charge >= 0.3 is 12.1 Å². The molecule has 3 fully saturated rings. The third-order valence-corrected chi connectivity index (χ3v) is 6.78. The molecule has 1 unspecified atom stereocenters. The zero-order valence-electron chi connectivity index (χ0n) is 20.3. The molecule has 10 heteroatoms. The maximum absolute atomic E-state index is 13.6. The van der Waals surface area contributed by atoms with Crippen molar-refractivity contribution in [2.75, 3.05) is 60.6 Å². The van der Waals surface area contributed by atoms with Crippen LogP contribution in [0.4, 0.5) is 26.8 Å². The smallest absolute Gasteiger partial charge is 0.414 e. The number of rotatable bonds is 4. The maximum Gasteiger partial charge on any atom is 0.414 e. The molecule has 10 nitrogen and oxygen atoms in total. The first-order valence-electron chi connectivity index (χ1n) is 12.0. The Balaban J connectivity index is 1.39. The van der Waals surface area contributed by atoms with Crippen LogP contribution < -0.4 is 20.0 Å². The molecule has 4 amide bonds. The van der Waals surface area contributed by atoms with Crippen molar-refractivity contribution >= 4 is 35.2 Å². The molecule has 1 N–H and O–H groups in total. The van der Waals surface area contributed by atoms with Gasteiger partial charge in [0.15, 0.2) is 0 Å². The predicted molar refractivity (Wildman–Crippen MR) is 132 cm³/mol. The molecule has 0 spiro atoms. The number of nitrogens with one attached hydrogen (secondary N) is 1. The summed E-state index contributed by atoms with van der Waals surface area (Å²) in [4.78, 5) is 50.1. The van der Waals surface area contributed by atoms with Crippen molar-refractivity contribution in [2.45, 2.75) is 26.8 Å². The topological polar surface area (TPSA) is 98.3 Å². The minimum atomic E-state index is -0.426. The summed E-state index contributed by atoms with van der Waals surface area (Å²) in [7, 11) is 0. The van der Waals surface area contributed by atoms with Crippen LogP contribution in [-0.2, 0) is 4.74 Å². The fourth-order valence-electron chi connectivity index (χ4n) is 4.98. The van der Waals surface area contributed by atoms with E-state index in [1.54, 1.807) is 28.0 Å². The SMILES string of the molecule is Cc1cnc(N2CCN(C(=O)c3ccc(N4C(=O)OCC4C)cc3N3CCNC3=O)CC2)c(C)c1. The van der Waals surface area contributed by atoms with E-state index in [2.05, 4.69) is 28.2 Å². The quantitative estimate of drug-likeness (QED) is 0.725. The first-order chi connectivity index (χ1) is 16.8. The van der Waals surface area contributed by atoms with Gasteiger partial charge in [-0.3, -0.25) is 14.6 Å². The monoisotopic (exact) mass is 478 g/mol. The molecule has 0 radical (unpaired) electrons. The van der Waals surface area contributed by atoms with Crippen molar-refractivity contribution in [3.8, 4) is 0 Å². The molecule has 4 heterocycles. The molecule has 3 saturated heterocycles. The Bertz CT molecular complexity index is 1180. The van der Waals surface area contributed by atoms with E-state index in [-0.39, 0.29) is 18.0 Å². The first-order valence-corrected chi connectivity index (χ1v) is 12.0. The summed E-state index contributed by atoms with van der Waals surface area (Å²) in [5, 5.41) is 2.80. The number of benzene rings is 1. The van der Waals surface area contributed by atoms with Gasteiger partial charge in [0.1, 0.15) is 12.4 Å².